The molecular weight excluding hydrogens is 379 g/mol. The summed E-state index contributed by atoms with van der Waals surface area (Å²) in [4.78, 5) is 16.2. The number of aromatic hydroxyl groups is 2. The molecule has 0 aliphatic carbocycles. The lowest BCUT2D eigenvalue weighted by Gasteiger charge is -2.10. The molecule has 0 spiro atoms. The van der Waals surface area contributed by atoms with Crippen LogP contribution in [0.5, 0.6) is 11.5 Å². The average Bonchev–Trinajstić information content (AvgIpc) is 2.55. The first kappa shape index (κ1) is 17.9. The van der Waals surface area contributed by atoms with E-state index in [1.165, 1.54) is 30.5 Å². The zero-order valence-electron chi connectivity index (χ0n) is 12.8. The highest BCUT2D eigenvalue weighted by Gasteiger charge is 2.12. The molecular formula is C17H16BrFN2O3. The van der Waals surface area contributed by atoms with Gasteiger partial charge in [0.1, 0.15) is 17.3 Å². The topological polar surface area (TPSA) is 81.9 Å². The summed E-state index contributed by atoms with van der Waals surface area (Å²) < 4.78 is 13.8. The minimum Gasteiger partial charge on any atom is -0.507 e. The number of nitrogens with one attached hydrogen (secondary N) is 1. The SMILES string of the molecule is CC(CNC(=O)c1cc(Br)ccc1O)N=Cc1cc(F)ccc1O. The van der Waals surface area contributed by atoms with E-state index in [2.05, 4.69) is 26.2 Å². The molecule has 3 N–H and O–H groups in total. The van der Waals surface area contributed by atoms with Crippen molar-refractivity contribution in [2.45, 2.75) is 13.0 Å². The van der Waals surface area contributed by atoms with Gasteiger partial charge in [-0.15, -0.1) is 0 Å². The van der Waals surface area contributed by atoms with Crippen molar-refractivity contribution < 1.29 is 19.4 Å². The fourth-order valence-corrected chi connectivity index (χ4v) is 2.28. The van der Waals surface area contributed by atoms with Crippen LogP contribution in [0.25, 0.3) is 0 Å². The number of hydrogen-bond donors (Lipinski definition) is 3. The van der Waals surface area contributed by atoms with Crippen molar-refractivity contribution in [3.8, 4) is 11.5 Å². The maximum atomic E-state index is 13.1. The minimum atomic E-state index is -0.472. The van der Waals surface area contributed by atoms with Gasteiger partial charge in [0.15, 0.2) is 0 Å². The molecule has 0 aliphatic rings. The Hall–Kier alpha value is -2.41. The van der Waals surface area contributed by atoms with Crippen molar-refractivity contribution in [3.63, 3.8) is 0 Å². The Kier molecular flexibility index (Phi) is 5.92. The highest BCUT2D eigenvalue weighted by molar-refractivity contribution is 9.10. The van der Waals surface area contributed by atoms with Crippen LogP contribution in [0.1, 0.15) is 22.8 Å². The number of carbonyl (C=O) groups is 1. The monoisotopic (exact) mass is 394 g/mol. The van der Waals surface area contributed by atoms with E-state index in [0.29, 0.717) is 4.47 Å². The molecule has 1 unspecified atom stereocenters. The lowest BCUT2D eigenvalue weighted by atomic mass is 10.2. The largest absolute Gasteiger partial charge is 0.507 e. The van der Waals surface area contributed by atoms with Gasteiger partial charge in [0.05, 0.1) is 11.6 Å². The Morgan fingerprint density at radius 3 is 2.75 bits per heavy atom. The highest BCUT2D eigenvalue weighted by Crippen LogP contribution is 2.21. The van der Waals surface area contributed by atoms with Crippen molar-refractivity contribution in [2.75, 3.05) is 6.54 Å². The molecule has 0 fully saturated rings. The van der Waals surface area contributed by atoms with Crippen molar-refractivity contribution in [2.24, 2.45) is 4.99 Å². The number of amides is 1. The molecule has 0 radical (unpaired) electrons. The number of carbonyl (C=O) groups excluding carboxylic acids is 1. The van der Waals surface area contributed by atoms with Gasteiger partial charge in [0.2, 0.25) is 0 Å². The lowest BCUT2D eigenvalue weighted by molar-refractivity contribution is 0.0949. The Morgan fingerprint density at radius 2 is 2.00 bits per heavy atom. The number of benzene rings is 2. The molecule has 7 heteroatoms. The highest BCUT2D eigenvalue weighted by atomic mass is 79.9. The first-order valence-corrected chi connectivity index (χ1v) is 7.94. The second kappa shape index (κ2) is 7.92. The molecule has 126 valence electrons. The van der Waals surface area contributed by atoms with Gasteiger partial charge in [-0.2, -0.15) is 0 Å². The van der Waals surface area contributed by atoms with Gasteiger partial charge < -0.3 is 15.5 Å². The van der Waals surface area contributed by atoms with E-state index in [0.717, 1.165) is 6.07 Å². The van der Waals surface area contributed by atoms with Crippen LogP contribution in [0.2, 0.25) is 0 Å². The molecule has 24 heavy (non-hydrogen) atoms. The minimum absolute atomic E-state index is 0.0737. The lowest BCUT2D eigenvalue weighted by Crippen LogP contribution is -2.30. The Bertz CT molecular complexity index is 780. The molecule has 2 aromatic carbocycles. The summed E-state index contributed by atoms with van der Waals surface area (Å²) in [6, 6.07) is 7.84. The third-order valence-electron chi connectivity index (χ3n) is 3.22. The molecule has 1 atom stereocenters. The second-order valence-corrected chi connectivity index (χ2v) is 6.12. The quantitative estimate of drug-likeness (QED) is 0.680. The molecule has 5 nitrogen and oxygen atoms in total. The maximum absolute atomic E-state index is 13.1. The predicted molar refractivity (Wildman–Crippen MR) is 93.3 cm³/mol. The number of aliphatic imine (C=N–C) groups is 1. The molecule has 0 aromatic heterocycles. The van der Waals surface area contributed by atoms with Crippen LogP contribution in [0, 0.1) is 5.82 Å². The van der Waals surface area contributed by atoms with Crippen molar-refractivity contribution in [1.82, 2.24) is 5.32 Å². The summed E-state index contributed by atoms with van der Waals surface area (Å²) in [5.41, 5.74) is 0.418. The molecule has 0 heterocycles. The number of hydrogen-bond acceptors (Lipinski definition) is 4. The summed E-state index contributed by atoms with van der Waals surface area (Å²) in [7, 11) is 0. The van der Waals surface area contributed by atoms with Crippen molar-refractivity contribution >= 4 is 28.1 Å². The van der Waals surface area contributed by atoms with Gasteiger partial charge in [0, 0.05) is 22.8 Å². The fraction of sp³-hybridized carbons (Fsp3) is 0.176. The third-order valence-corrected chi connectivity index (χ3v) is 3.71. The number of nitrogens with zero attached hydrogens (tertiary/aromatic N) is 1. The van der Waals surface area contributed by atoms with Crippen LogP contribution in [0.15, 0.2) is 45.9 Å². The standard InChI is InChI=1S/C17H16BrFN2O3/c1-10(20-9-11-6-13(19)3-5-15(11)22)8-21-17(24)14-7-12(18)2-4-16(14)23/h2-7,9-10,22-23H,8H2,1H3,(H,21,24). The summed E-state index contributed by atoms with van der Waals surface area (Å²) in [5.74, 6) is -1.09. The molecule has 0 aliphatic heterocycles. The van der Waals surface area contributed by atoms with E-state index < -0.39 is 11.7 Å². The molecule has 0 bridgehead atoms. The number of rotatable bonds is 5. The zero-order valence-corrected chi connectivity index (χ0v) is 14.4. The van der Waals surface area contributed by atoms with Crippen molar-refractivity contribution in [1.29, 1.82) is 0 Å². The Balaban J connectivity index is 1.96. The molecule has 0 saturated heterocycles. The van der Waals surface area contributed by atoms with E-state index in [-0.39, 0.29) is 35.2 Å². The van der Waals surface area contributed by atoms with Gasteiger partial charge in [-0.1, -0.05) is 15.9 Å². The molecule has 0 saturated carbocycles. The number of phenols is 2. The summed E-state index contributed by atoms with van der Waals surface area (Å²) in [6.45, 7) is 1.98. The van der Waals surface area contributed by atoms with E-state index in [1.54, 1.807) is 13.0 Å². The van der Waals surface area contributed by atoms with E-state index >= 15 is 0 Å². The predicted octanol–water partition coefficient (Wildman–Crippen LogP) is 3.24. The fourth-order valence-electron chi connectivity index (χ4n) is 1.91. The first-order chi connectivity index (χ1) is 11.4. The molecule has 2 rings (SSSR count). The van der Waals surface area contributed by atoms with Gasteiger partial charge in [0.25, 0.3) is 5.91 Å². The van der Waals surface area contributed by atoms with Gasteiger partial charge in [-0.05, 0) is 43.3 Å². The summed E-state index contributed by atoms with van der Waals surface area (Å²) >= 11 is 3.24. The third kappa shape index (κ3) is 4.79. The van der Waals surface area contributed by atoms with Gasteiger partial charge in [-0.3, -0.25) is 9.79 Å². The Morgan fingerprint density at radius 1 is 1.29 bits per heavy atom. The van der Waals surface area contributed by atoms with Crippen LogP contribution >= 0.6 is 15.9 Å². The van der Waals surface area contributed by atoms with Crippen LogP contribution in [-0.4, -0.2) is 34.9 Å². The average molecular weight is 395 g/mol. The number of phenolic OH excluding ortho intramolecular Hbond substituents is 2. The molecule has 1 amide bonds. The number of halogens is 2. The van der Waals surface area contributed by atoms with Crippen LogP contribution in [0.4, 0.5) is 4.39 Å². The van der Waals surface area contributed by atoms with E-state index in [9.17, 15) is 19.4 Å². The van der Waals surface area contributed by atoms with Crippen LogP contribution in [0.3, 0.4) is 0 Å². The van der Waals surface area contributed by atoms with E-state index in [4.69, 9.17) is 0 Å². The normalized spacial score (nSPS) is 12.3. The van der Waals surface area contributed by atoms with Crippen LogP contribution < -0.4 is 5.32 Å². The zero-order chi connectivity index (χ0) is 17.7. The van der Waals surface area contributed by atoms with E-state index in [1.807, 2.05) is 0 Å². The Labute approximate surface area is 147 Å². The van der Waals surface area contributed by atoms with Gasteiger partial charge in [-0.25, -0.2) is 4.39 Å². The van der Waals surface area contributed by atoms with Gasteiger partial charge >= 0.3 is 0 Å². The second-order valence-electron chi connectivity index (χ2n) is 5.20. The molecule has 2 aromatic rings. The van der Waals surface area contributed by atoms with Crippen molar-refractivity contribution in [3.05, 3.63) is 57.8 Å². The maximum Gasteiger partial charge on any atom is 0.255 e. The smallest absolute Gasteiger partial charge is 0.255 e. The first-order valence-electron chi connectivity index (χ1n) is 7.15. The van der Waals surface area contributed by atoms with Crippen LogP contribution in [-0.2, 0) is 0 Å². The summed E-state index contributed by atoms with van der Waals surface area (Å²) in [5, 5.41) is 22.0. The summed E-state index contributed by atoms with van der Waals surface area (Å²) in [6.07, 6.45) is 1.35.